The minimum Gasteiger partial charge on any atom is -0.327 e. The van der Waals surface area contributed by atoms with Gasteiger partial charge in [-0.25, -0.2) is 9.97 Å². The van der Waals surface area contributed by atoms with Crippen molar-refractivity contribution in [2.75, 3.05) is 5.32 Å². The van der Waals surface area contributed by atoms with Gasteiger partial charge in [0.2, 0.25) is 5.91 Å². The van der Waals surface area contributed by atoms with Gasteiger partial charge in [0, 0.05) is 17.3 Å². The number of thiophene rings is 1. The number of thiazole rings is 1. The lowest BCUT2D eigenvalue weighted by atomic mass is 10.3. The molecule has 1 N–H and O–H groups in total. The van der Waals surface area contributed by atoms with Crippen LogP contribution in [-0.2, 0) is 11.3 Å². The summed E-state index contributed by atoms with van der Waals surface area (Å²) in [5.41, 5.74) is 2.53. The molecule has 3 heterocycles. The van der Waals surface area contributed by atoms with Crippen LogP contribution in [0, 0.1) is 0 Å². The lowest BCUT2D eigenvalue weighted by Gasteiger charge is -2.04. The predicted octanol–water partition coefficient (Wildman–Crippen LogP) is 4.37. The van der Waals surface area contributed by atoms with Crippen LogP contribution in [0.2, 0.25) is 0 Å². The van der Waals surface area contributed by atoms with Crippen molar-refractivity contribution >= 4 is 34.3 Å². The molecule has 7 heteroatoms. The van der Waals surface area contributed by atoms with Crippen LogP contribution in [0.25, 0.3) is 21.3 Å². The summed E-state index contributed by atoms with van der Waals surface area (Å²) >= 11 is 3.22. The molecule has 3 aromatic heterocycles. The number of nitrogens with one attached hydrogen (secondary N) is 1. The Hall–Kier alpha value is -2.77. The number of nitrogens with zero attached hydrogens (tertiary/aromatic N) is 3. The Morgan fingerprint density at radius 3 is 2.76 bits per heavy atom. The number of hydrogen-bond acceptors (Lipinski definition) is 5. The maximum atomic E-state index is 12.1. The number of benzene rings is 1. The average molecular weight is 366 g/mol. The summed E-state index contributed by atoms with van der Waals surface area (Å²) in [7, 11) is 0. The number of hydrogen-bond donors (Lipinski definition) is 1. The van der Waals surface area contributed by atoms with Crippen LogP contribution >= 0.6 is 22.7 Å². The molecule has 5 nitrogen and oxygen atoms in total. The van der Waals surface area contributed by atoms with E-state index in [1.54, 1.807) is 33.6 Å². The molecule has 0 saturated heterocycles. The van der Waals surface area contributed by atoms with Crippen molar-refractivity contribution < 1.29 is 4.79 Å². The number of anilines is 1. The number of amides is 1. The highest BCUT2D eigenvalue weighted by Gasteiger charge is 2.11. The van der Waals surface area contributed by atoms with E-state index in [0.717, 1.165) is 27.0 Å². The summed E-state index contributed by atoms with van der Waals surface area (Å²) in [6, 6.07) is 13.5. The molecule has 0 aliphatic rings. The van der Waals surface area contributed by atoms with Gasteiger partial charge in [0.15, 0.2) is 0 Å². The number of rotatable bonds is 5. The van der Waals surface area contributed by atoms with Gasteiger partial charge in [-0.2, -0.15) is 0 Å². The third-order valence-electron chi connectivity index (χ3n) is 3.51. The predicted molar refractivity (Wildman–Crippen MR) is 102 cm³/mol. The van der Waals surface area contributed by atoms with E-state index in [2.05, 4.69) is 21.4 Å². The summed E-state index contributed by atoms with van der Waals surface area (Å²) in [5.74, 6) is -0.0893. The summed E-state index contributed by atoms with van der Waals surface area (Å²) in [6.07, 6.45) is 3.51. The summed E-state index contributed by atoms with van der Waals surface area (Å²) < 4.78 is 1.76. The second-order valence-electron chi connectivity index (χ2n) is 5.36. The first-order chi connectivity index (χ1) is 12.3. The second kappa shape index (κ2) is 7.00. The highest BCUT2D eigenvalue weighted by atomic mass is 32.1. The number of carbonyl (C=O) groups is 1. The molecule has 4 rings (SSSR count). The van der Waals surface area contributed by atoms with E-state index in [1.165, 1.54) is 0 Å². The van der Waals surface area contributed by atoms with Gasteiger partial charge in [-0.3, -0.25) is 4.79 Å². The van der Waals surface area contributed by atoms with Crippen molar-refractivity contribution in [3.63, 3.8) is 0 Å². The molecule has 124 valence electrons. The molecule has 1 aromatic carbocycles. The maximum Gasteiger partial charge on any atom is 0.244 e. The van der Waals surface area contributed by atoms with Gasteiger partial charge in [0.05, 0.1) is 16.9 Å². The number of aromatic nitrogens is 3. The van der Waals surface area contributed by atoms with Gasteiger partial charge in [-0.15, -0.1) is 22.7 Å². The molecular weight excluding hydrogens is 352 g/mol. The molecule has 4 aromatic rings. The lowest BCUT2D eigenvalue weighted by molar-refractivity contribution is -0.116. The first-order valence-corrected chi connectivity index (χ1v) is 9.40. The Balaban J connectivity index is 1.44. The molecule has 0 spiro atoms. The van der Waals surface area contributed by atoms with E-state index in [1.807, 2.05) is 53.4 Å². The minimum atomic E-state index is -0.0893. The first kappa shape index (κ1) is 15.7. The molecular formula is C18H14N4OS2. The van der Waals surface area contributed by atoms with E-state index in [-0.39, 0.29) is 12.5 Å². The van der Waals surface area contributed by atoms with Crippen LogP contribution in [0.4, 0.5) is 5.69 Å². The van der Waals surface area contributed by atoms with Gasteiger partial charge >= 0.3 is 0 Å². The topological polar surface area (TPSA) is 59.8 Å². The monoisotopic (exact) mass is 366 g/mol. The molecule has 0 saturated carbocycles. The molecule has 0 aliphatic heterocycles. The Labute approximate surface area is 152 Å². The molecule has 0 aliphatic carbocycles. The largest absolute Gasteiger partial charge is 0.327 e. The van der Waals surface area contributed by atoms with Crippen molar-refractivity contribution in [1.29, 1.82) is 0 Å². The normalized spacial score (nSPS) is 10.7. The number of carbonyl (C=O) groups excluding carboxylic acids is 1. The van der Waals surface area contributed by atoms with Crippen LogP contribution in [-0.4, -0.2) is 20.4 Å². The number of para-hydroxylation sites is 1. The van der Waals surface area contributed by atoms with E-state index >= 15 is 0 Å². The van der Waals surface area contributed by atoms with Gasteiger partial charge in [-0.05, 0) is 23.6 Å². The third-order valence-corrected chi connectivity index (χ3v) is 5.27. The quantitative estimate of drug-likeness (QED) is 0.570. The van der Waals surface area contributed by atoms with Crippen molar-refractivity contribution in [2.45, 2.75) is 6.54 Å². The van der Waals surface area contributed by atoms with E-state index < -0.39 is 0 Å². The first-order valence-electron chi connectivity index (χ1n) is 7.64. The van der Waals surface area contributed by atoms with Crippen LogP contribution in [0.3, 0.4) is 0 Å². The van der Waals surface area contributed by atoms with E-state index in [0.29, 0.717) is 0 Å². The van der Waals surface area contributed by atoms with Crippen LogP contribution in [0.1, 0.15) is 0 Å². The Bertz CT molecular complexity index is 974. The standard InChI is InChI=1S/C18H14N4OS2/c23-17(20-13-5-2-1-3-6-13)10-22-9-14(19-12-22)18-21-15(11-25-18)16-7-4-8-24-16/h1-9,11-12H,10H2,(H,20,23). The SMILES string of the molecule is O=C(Cn1cnc(-c2nc(-c3cccs3)cs2)c1)Nc1ccccc1. The van der Waals surface area contributed by atoms with E-state index in [4.69, 9.17) is 0 Å². The molecule has 0 unspecified atom stereocenters. The summed E-state index contributed by atoms with van der Waals surface area (Å²) in [5, 5.41) is 7.78. The molecule has 1 amide bonds. The average Bonchev–Trinajstić information content (AvgIpc) is 3.36. The summed E-state index contributed by atoms with van der Waals surface area (Å²) in [4.78, 5) is 22.3. The maximum absolute atomic E-state index is 12.1. The lowest BCUT2D eigenvalue weighted by Crippen LogP contribution is -2.17. The molecule has 0 radical (unpaired) electrons. The smallest absolute Gasteiger partial charge is 0.244 e. The van der Waals surface area contributed by atoms with Crippen LogP contribution in [0.15, 0.2) is 65.7 Å². The second-order valence-corrected chi connectivity index (χ2v) is 7.17. The highest BCUT2D eigenvalue weighted by Crippen LogP contribution is 2.30. The minimum absolute atomic E-state index is 0.0893. The fraction of sp³-hybridized carbons (Fsp3) is 0.0556. The molecule has 0 fully saturated rings. The highest BCUT2D eigenvalue weighted by molar-refractivity contribution is 7.15. The zero-order chi connectivity index (χ0) is 17.1. The summed E-state index contributed by atoms with van der Waals surface area (Å²) in [6.45, 7) is 0.213. The van der Waals surface area contributed by atoms with Crippen LogP contribution < -0.4 is 5.32 Å². The van der Waals surface area contributed by atoms with E-state index in [9.17, 15) is 4.79 Å². The zero-order valence-electron chi connectivity index (χ0n) is 13.1. The van der Waals surface area contributed by atoms with Gasteiger partial charge < -0.3 is 9.88 Å². The van der Waals surface area contributed by atoms with Gasteiger partial charge in [-0.1, -0.05) is 24.3 Å². The molecule has 0 atom stereocenters. The van der Waals surface area contributed by atoms with Crippen molar-refractivity contribution in [1.82, 2.24) is 14.5 Å². The fourth-order valence-electron chi connectivity index (χ4n) is 2.37. The number of imidazole rings is 1. The van der Waals surface area contributed by atoms with Crippen molar-refractivity contribution in [3.05, 3.63) is 65.7 Å². The van der Waals surface area contributed by atoms with Crippen LogP contribution in [0.5, 0.6) is 0 Å². The van der Waals surface area contributed by atoms with Crippen molar-refractivity contribution in [2.24, 2.45) is 0 Å². The zero-order valence-corrected chi connectivity index (χ0v) is 14.8. The Morgan fingerprint density at radius 2 is 1.96 bits per heavy atom. The van der Waals surface area contributed by atoms with Gasteiger partial charge in [0.25, 0.3) is 0 Å². The van der Waals surface area contributed by atoms with Gasteiger partial charge in [0.1, 0.15) is 17.2 Å². The Morgan fingerprint density at radius 1 is 1.08 bits per heavy atom. The molecule has 25 heavy (non-hydrogen) atoms. The Kier molecular flexibility index (Phi) is 4.41. The molecule has 0 bridgehead atoms. The fourth-order valence-corrected chi connectivity index (χ4v) is 3.91. The van der Waals surface area contributed by atoms with Crippen molar-refractivity contribution in [3.8, 4) is 21.3 Å². The third kappa shape index (κ3) is 3.67.